The number of aromatic nitrogens is 1. The summed E-state index contributed by atoms with van der Waals surface area (Å²) < 4.78 is 2.94. The van der Waals surface area contributed by atoms with Crippen molar-refractivity contribution < 1.29 is 9.36 Å². The van der Waals surface area contributed by atoms with Gasteiger partial charge in [0, 0.05) is 12.1 Å². The highest BCUT2D eigenvalue weighted by Gasteiger charge is 2.15. The smallest absolute Gasteiger partial charge is 0.237 e. The Labute approximate surface area is 132 Å². The molecule has 0 aliphatic rings. The molecule has 0 saturated heterocycles. The quantitative estimate of drug-likeness (QED) is 0.550. The first kappa shape index (κ1) is 15.4. The number of thiophene rings is 1. The summed E-state index contributed by atoms with van der Waals surface area (Å²) >= 11 is 4.87. The van der Waals surface area contributed by atoms with E-state index in [9.17, 15) is 4.79 Å². The van der Waals surface area contributed by atoms with Gasteiger partial charge in [-0.3, -0.25) is 4.79 Å². The van der Waals surface area contributed by atoms with Crippen LogP contribution >= 0.6 is 27.3 Å². The molecule has 0 fully saturated rings. The normalized spacial score (nSPS) is 11.0. The van der Waals surface area contributed by atoms with Gasteiger partial charge in [0.2, 0.25) is 12.3 Å². The number of rotatable bonds is 6. The first-order valence-electron chi connectivity index (χ1n) is 6.91. The third-order valence-electron chi connectivity index (χ3n) is 3.55. The molecule has 106 valence electrons. The summed E-state index contributed by atoms with van der Waals surface area (Å²) in [5.74, 6) is 0.773. The van der Waals surface area contributed by atoms with Crippen LogP contribution in [-0.4, -0.2) is 5.78 Å². The summed E-state index contributed by atoms with van der Waals surface area (Å²) in [5, 5.41) is 0. The van der Waals surface area contributed by atoms with Crippen molar-refractivity contribution in [2.45, 2.75) is 39.2 Å². The van der Waals surface area contributed by atoms with Gasteiger partial charge in [0.1, 0.15) is 0 Å². The van der Waals surface area contributed by atoms with E-state index < -0.39 is 0 Å². The Bertz CT molecular complexity index is 572. The molecule has 0 unspecified atom stereocenters. The van der Waals surface area contributed by atoms with E-state index in [4.69, 9.17) is 0 Å². The lowest BCUT2D eigenvalue weighted by molar-refractivity contribution is -0.683. The van der Waals surface area contributed by atoms with Crippen molar-refractivity contribution in [1.82, 2.24) is 0 Å². The molecule has 4 heteroatoms. The molecule has 0 atom stereocenters. The van der Waals surface area contributed by atoms with Gasteiger partial charge in [0.15, 0.2) is 12.4 Å². The summed E-state index contributed by atoms with van der Waals surface area (Å²) in [4.78, 5) is 12.9. The van der Waals surface area contributed by atoms with Crippen LogP contribution in [0.3, 0.4) is 0 Å². The number of pyridine rings is 1. The number of ketones is 1. The predicted octanol–water partition coefficient (Wildman–Crippen LogP) is 4.58. The van der Waals surface area contributed by atoms with Gasteiger partial charge >= 0.3 is 0 Å². The first-order chi connectivity index (χ1) is 9.63. The molecule has 0 bridgehead atoms. The van der Waals surface area contributed by atoms with Crippen LogP contribution in [0.2, 0.25) is 0 Å². The Morgan fingerprint density at radius 1 is 1.20 bits per heavy atom. The number of halogens is 1. The Kier molecular flexibility index (Phi) is 5.49. The van der Waals surface area contributed by atoms with E-state index in [-0.39, 0.29) is 5.78 Å². The predicted molar refractivity (Wildman–Crippen MR) is 86.3 cm³/mol. The van der Waals surface area contributed by atoms with E-state index in [1.54, 1.807) is 0 Å². The van der Waals surface area contributed by atoms with Crippen molar-refractivity contribution >= 4 is 33.0 Å². The molecular formula is C16H19BrNOS+. The van der Waals surface area contributed by atoms with Crippen LogP contribution in [0, 0.1) is 0 Å². The lowest BCUT2D eigenvalue weighted by Gasteiger charge is -2.11. The molecule has 2 aromatic heterocycles. The fourth-order valence-corrected chi connectivity index (χ4v) is 3.63. The SMILES string of the molecule is CCC(CC)c1cc[n+](CC(=O)c2ccc(Br)s2)cc1. The Morgan fingerprint density at radius 2 is 1.85 bits per heavy atom. The number of nitrogens with zero attached hydrogens (tertiary/aromatic N) is 1. The second kappa shape index (κ2) is 7.14. The minimum absolute atomic E-state index is 0.154. The average Bonchev–Trinajstić information content (AvgIpc) is 2.89. The molecular weight excluding hydrogens is 334 g/mol. The zero-order chi connectivity index (χ0) is 14.5. The summed E-state index contributed by atoms with van der Waals surface area (Å²) in [6, 6.07) is 8.06. The fourth-order valence-electron chi connectivity index (χ4n) is 2.31. The van der Waals surface area contributed by atoms with E-state index in [2.05, 4.69) is 41.9 Å². The zero-order valence-electron chi connectivity index (χ0n) is 11.8. The molecule has 2 nitrogen and oxygen atoms in total. The number of hydrogen-bond donors (Lipinski definition) is 0. The van der Waals surface area contributed by atoms with Crippen LogP contribution in [0.4, 0.5) is 0 Å². The maximum absolute atomic E-state index is 12.1. The van der Waals surface area contributed by atoms with Gasteiger partial charge in [-0.15, -0.1) is 11.3 Å². The van der Waals surface area contributed by atoms with Crippen LogP contribution in [-0.2, 0) is 6.54 Å². The second-order valence-corrected chi connectivity index (χ2v) is 7.31. The maximum atomic E-state index is 12.1. The number of Topliss-reactive ketones (excluding diaryl/α,β-unsaturated/α-hetero) is 1. The van der Waals surface area contributed by atoms with E-state index >= 15 is 0 Å². The maximum Gasteiger partial charge on any atom is 0.237 e. The summed E-state index contributed by atoms with van der Waals surface area (Å²) in [6.45, 7) is 4.83. The van der Waals surface area contributed by atoms with Crippen LogP contribution in [0.15, 0.2) is 40.4 Å². The van der Waals surface area contributed by atoms with Crippen molar-refractivity contribution in [3.63, 3.8) is 0 Å². The van der Waals surface area contributed by atoms with Crippen LogP contribution < -0.4 is 4.57 Å². The van der Waals surface area contributed by atoms with E-state index in [0.29, 0.717) is 12.5 Å². The third-order valence-corrected chi connectivity index (χ3v) is 5.21. The summed E-state index contributed by atoms with van der Waals surface area (Å²) in [5.41, 5.74) is 1.36. The Balaban J connectivity index is 2.05. The van der Waals surface area contributed by atoms with E-state index in [1.807, 2.05) is 29.1 Å². The van der Waals surface area contributed by atoms with Gasteiger partial charge in [0.05, 0.1) is 8.66 Å². The van der Waals surface area contributed by atoms with Gasteiger partial charge < -0.3 is 0 Å². The number of hydrogen-bond acceptors (Lipinski definition) is 2. The van der Waals surface area contributed by atoms with Gasteiger partial charge in [-0.25, -0.2) is 0 Å². The van der Waals surface area contributed by atoms with Gasteiger partial charge in [-0.05, 0) is 52.4 Å². The van der Waals surface area contributed by atoms with E-state index in [1.165, 1.54) is 16.9 Å². The van der Waals surface area contributed by atoms with Crippen LogP contribution in [0.25, 0.3) is 0 Å². The van der Waals surface area contributed by atoms with Gasteiger partial charge in [-0.2, -0.15) is 4.57 Å². The van der Waals surface area contributed by atoms with Crippen molar-refractivity contribution in [2.24, 2.45) is 0 Å². The molecule has 0 aromatic carbocycles. The minimum Gasteiger partial charge on any atom is -0.286 e. The van der Waals surface area contributed by atoms with Gasteiger partial charge in [-0.1, -0.05) is 13.8 Å². The molecule has 0 radical (unpaired) electrons. The topological polar surface area (TPSA) is 20.9 Å². The van der Waals surface area contributed by atoms with Crippen molar-refractivity contribution in [2.75, 3.05) is 0 Å². The standard InChI is InChI=1S/C16H19BrNOS/c1-3-12(4-2)13-7-9-18(10-8-13)11-14(19)15-5-6-16(17)20-15/h5-10,12H,3-4,11H2,1-2H3/q+1. The molecule has 0 aliphatic heterocycles. The highest BCUT2D eigenvalue weighted by molar-refractivity contribution is 9.11. The molecule has 2 heterocycles. The monoisotopic (exact) mass is 352 g/mol. The van der Waals surface area contributed by atoms with E-state index in [0.717, 1.165) is 21.5 Å². The average molecular weight is 353 g/mol. The number of carbonyl (C=O) groups excluding carboxylic acids is 1. The minimum atomic E-state index is 0.154. The molecule has 0 amide bonds. The van der Waals surface area contributed by atoms with Crippen molar-refractivity contribution in [3.8, 4) is 0 Å². The molecule has 0 N–H and O–H groups in total. The molecule has 2 aromatic rings. The first-order valence-corrected chi connectivity index (χ1v) is 8.52. The fraction of sp³-hybridized carbons (Fsp3) is 0.375. The molecule has 0 saturated carbocycles. The largest absolute Gasteiger partial charge is 0.286 e. The summed E-state index contributed by atoms with van der Waals surface area (Å²) in [7, 11) is 0. The van der Waals surface area contributed by atoms with Gasteiger partial charge in [0.25, 0.3) is 0 Å². The van der Waals surface area contributed by atoms with Crippen molar-refractivity contribution in [3.05, 3.63) is 50.9 Å². The molecule has 2 rings (SSSR count). The highest BCUT2D eigenvalue weighted by atomic mass is 79.9. The lowest BCUT2D eigenvalue weighted by Crippen LogP contribution is -2.37. The molecule has 20 heavy (non-hydrogen) atoms. The zero-order valence-corrected chi connectivity index (χ0v) is 14.2. The Hall–Kier alpha value is -1.00. The highest BCUT2D eigenvalue weighted by Crippen LogP contribution is 2.23. The number of carbonyl (C=O) groups is 1. The summed E-state index contributed by atoms with van der Waals surface area (Å²) in [6.07, 6.45) is 6.33. The van der Waals surface area contributed by atoms with Crippen molar-refractivity contribution in [1.29, 1.82) is 0 Å². The van der Waals surface area contributed by atoms with Crippen LogP contribution in [0.1, 0.15) is 47.8 Å². The molecule has 0 spiro atoms. The second-order valence-electron chi connectivity index (χ2n) is 4.84. The third kappa shape index (κ3) is 3.76. The molecule has 0 aliphatic carbocycles. The lowest BCUT2D eigenvalue weighted by atomic mass is 9.95. The Morgan fingerprint density at radius 3 is 2.35 bits per heavy atom. The van der Waals surface area contributed by atoms with Crippen LogP contribution in [0.5, 0.6) is 0 Å².